The van der Waals surface area contributed by atoms with Crippen molar-refractivity contribution in [2.75, 3.05) is 26.4 Å². The first-order chi connectivity index (χ1) is 26.8. The molecule has 322 valence electrons. The Hall–Kier alpha value is -1.77. The number of carbonyl (C=O) groups is 2. The lowest BCUT2D eigenvalue weighted by Gasteiger charge is -2.19. The van der Waals surface area contributed by atoms with Crippen molar-refractivity contribution in [1.82, 2.24) is 0 Å². The Balaban J connectivity index is 4.05. The summed E-state index contributed by atoms with van der Waals surface area (Å²) in [5.74, 6) is -0.846. The lowest BCUT2D eigenvalue weighted by atomic mass is 10.0. The second kappa shape index (κ2) is 41.9. The van der Waals surface area contributed by atoms with Crippen LogP contribution in [0.15, 0.2) is 36.5 Å². The summed E-state index contributed by atoms with van der Waals surface area (Å²) in [6, 6.07) is 0. The fourth-order valence-corrected chi connectivity index (χ4v) is 7.05. The quantitative estimate of drug-likeness (QED) is 0.0268. The van der Waals surface area contributed by atoms with E-state index in [2.05, 4.69) is 32.1 Å². The van der Waals surface area contributed by atoms with E-state index in [1.165, 1.54) is 116 Å². The average Bonchev–Trinajstić information content (AvgIpc) is 3.17. The predicted octanol–water partition coefficient (Wildman–Crippen LogP) is 12.9. The van der Waals surface area contributed by atoms with Crippen LogP contribution in [0.25, 0.3) is 0 Å². The monoisotopic (exact) mass is 798 g/mol. The van der Waals surface area contributed by atoms with Crippen molar-refractivity contribution in [1.29, 1.82) is 0 Å². The third-order valence-corrected chi connectivity index (χ3v) is 10.6. The topological polar surface area (TPSA) is 134 Å². The molecule has 0 radical (unpaired) electrons. The first-order valence-electron chi connectivity index (χ1n) is 22.5. The van der Waals surface area contributed by atoms with E-state index in [1.807, 2.05) is 18.2 Å². The molecule has 2 unspecified atom stereocenters. The molecule has 3 N–H and O–H groups in total. The van der Waals surface area contributed by atoms with Crippen LogP contribution < -0.4 is 5.73 Å². The molecule has 0 rings (SSSR count). The summed E-state index contributed by atoms with van der Waals surface area (Å²) in [5, 5.41) is 0. The van der Waals surface area contributed by atoms with Gasteiger partial charge in [0, 0.05) is 19.4 Å². The molecular formula is C45H84NO8P. The summed E-state index contributed by atoms with van der Waals surface area (Å²) in [6.45, 7) is 3.59. The molecule has 0 saturated heterocycles. The fourth-order valence-electron chi connectivity index (χ4n) is 6.28. The summed E-state index contributed by atoms with van der Waals surface area (Å²) in [7, 11) is -4.38. The van der Waals surface area contributed by atoms with Gasteiger partial charge >= 0.3 is 19.8 Å². The van der Waals surface area contributed by atoms with E-state index in [0.717, 1.165) is 57.8 Å². The largest absolute Gasteiger partial charge is 0.472 e. The molecule has 10 heteroatoms. The third-order valence-electron chi connectivity index (χ3n) is 9.60. The van der Waals surface area contributed by atoms with Gasteiger partial charge in [-0.15, -0.1) is 0 Å². The molecule has 9 nitrogen and oxygen atoms in total. The summed E-state index contributed by atoms with van der Waals surface area (Å²) in [4.78, 5) is 34.9. The zero-order valence-corrected chi connectivity index (χ0v) is 36.3. The molecule has 0 aliphatic carbocycles. The first-order valence-corrected chi connectivity index (χ1v) is 24.0. The lowest BCUT2D eigenvalue weighted by Crippen LogP contribution is -2.29. The average molecular weight is 798 g/mol. The SMILES string of the molecule is CC/C=C/C=C/C=C/CCCCCCCC(=O)OC(COC(=O)CCCCCCCCCCCCCCCCCCCCCCC)COP(=O)(O)OCCN. The Bertz CT molecular complexity index is 1000. The molecule has 55 heavy (non-hydrogen) atoms. The molecule has 0 saturated carbocycles. The Labute approximate surface area is 337 Å². The van der Waals surface area contributed by atoms with Gasteiger partial charge in [0.25, 0.3) is 0 Å². The summed E-state index contributed by atoms with van der Waals surface area (Å²) < 4.78 is 32.8. The van der Waals surface area contributed by atoms with Crippen LogP contribution in [0.3, 0.4) is 0 Å². The number of carbonyl (C=O) groups excluding carboxylic acids is 2. The smallest absolute Gasteiger partial charge is 0.462 e. The zero-order chi connectivity index (χ0) is 40.3. The molecule has 0 aliphatic heterocycles. The Kier molecular flexibility index (Phi) is 40.5. The van der Waals surface area contributed by atoms with Gasteiger partial charge in [-0.1, -0.05) is 198 Å². The maximum Gasteiger partial charge on any atom is 0.472 e. The van der Waals surface area contributed by atoms with Gasteiger partial charge in [0.2, 0.25) is 0 Å². The molecule has 0 heterocycles. The first kappa shape index (κ1) is 53.2. The summed E-state index contributed by atoms with van der Waals surface area (Å²) >= 11 is 0. The number of allylic oxidation sites excluding steroid dienone is 6. The molecule has 0 spiro atoms. The fraction of sp³-hybridized carbons (Fsp3) is 0.822. The van der Waals surface area contributed by atoms with Crippen molar-refractivity contribution in [3.63, 3.8) is 0 Å². The van der Waals surface area contributed by atoms with Crippen molar-refractivity contribution < 1.29 is 37.6 Å². The van der Waals surface area contributed by atoms with Crippen LogP contribution in [0.2, 0.25) is 0 Å². The van der Waals surface area contributed by atoms with Gasteiger partial charge in [0.1, 0.15) is 6.61 Å². The van der Waals surface area contributed by atoms with Gasteiger partial charge in [0.15, 0.2) is 6.10 Å². The highest BCUT2D eigenvalue weighted by Crippen LogP contribution is 2.43. The van der Waals surface area contributed by atoms with Crippen molar-refractivity contribution in [3.8, 4) is 0 Å². The number of hydrogen-bond acceptors (Lipinski definition) is 8. The van der Waals surface area contributed by atoms with E-state index >= 15 is 0 Å². The number of phosphoric ester groups is 1. The van der Waals surface area contributed by atoms with Crippen LogP contribution >= 0.6 is 7.82 Å². The van der Waals surface area contributed by atoms with E-state index in [4.69, 9.17) is 24.3 Å². The normalized spacial score (nSPS) is 13.6. The van der Waals surface area contributed by atoms with Crippen molar-refractivity contribution in [2.24, 2.45) is 5.73 Å². The van der Waals surface area contributed by atoms with Crippen LogP contribution in [-0.4, -0.2) is 49.3 Å². The van der Waals surface area contributed by atoms with Crippen LogP contribution in [0.4, 0.5) is 0 Å². The van der Waals surface area contributed by atoms with E-state index in [-0.39, 0.29) is 38.6 Å². The number of esters is 2. The second-order valence-electron chi connectivity index (χ2n) is 15.0. The number of unbranched alkanes of at least 4 members (excludes halogenated alkanes) is 25. The number of phosphoric acid groups is 1. The Morgan fingerprint density at radius 1 is 0.564 bits per heavy atom. The number of rotatable bonds is 42. The van der Waals surface area contributed by atoms with Gasteiger partial charge in [-0.3, -0.25) is 18.6 Å². The lowest BCUT2D eigenvalue weighted by molar-refractivity contribution is -0.161. The minimum absolute atomic E-state index is 0.0501. The molecule has 0 bridgehead atoms. The van der Waals surface area contributed by atoms with E-state index < -0.39 is 26.5 Å². The Morgan fingerprint density at radius 2 is 1.00 bits per heavy atom. The molecule has 2 atom stereocenters. The van der Waals surface area contributed by atoms with Gasteiger partial charge < -0.3 is 20.1 Å². The second-order valence-corrected chi connectivity index (χ2v) is 16.4. The van der Waals surface area contributed by atoms with Crippen LogP contribution in [0, 0.1) is 0 Å². The van der Waals surface area contributed by atoms with Crippen LogP contribution in [-0.2, 0) is 32.7 Å². The minimum Gasteiger partial charge on any atom is -0.462 e. The van der Waals surface area contributed by atoms with Gasteiger partial charge in [0.05, 0.1) is 13.2 Å². The molecule has 0 aromatic carbocycles. The highest BCUT2D eigenvalue weighted by Gasteiger charge is 2.26. The standard InChI is InChI=1S/C45H84NO8P/c1-3-5-7-9-11-13-15-17-18-19-20-21-22-23-24-26-27-29-31-33-35-37-44(47)51-41-43(42-53-55(49,50)52-40-39-46)54-45(48)38-36-34-32-30-28-25-16-14-12-10-8-6-4-2/h6,8,10,12,14,16,43H,3-5,7,9,11,13,15,17-42,46H2,1-2H3,(H,49,50)/b8-6+,12-10+,16-14+. The third kappa shape index (κ3) is 41.7. The Morgan fingerprint density at radius 3 is 1.47 bits per heavy atom. The number of ether oxygens (including phenoxy) is 2. The highest BCUT2D eigenvalue weighted by atomic mass is 31.2. The van der Waals surface area contributed by atoms with Gasteiger partial charge in [-0.05, 0) is 32.1 Å². The summed E-state index contributed by atoms with van der Waals surface area (Å²) in [5.41, 5.74) is 5.34. The number of hydrogen-bond donors (Lipinski definition) is 2. The molecule has 0 aromatic rings. The molecule has 0 aliphatic rings. The maximum atomic E-state index is 12.6. The van der Waals surface area contributed by atoms with Gasteiger partial charge in [-0.2, -0.15) is 0 Å². The predicted molar refractivity (Wildman–Crippen MR) is 229 cm³/mol. The van der Waals surface area contributed by atoms with Crippen LogP contribution in [0.1, 0.15) is 206 Å². The zero-order valence-electron chi connectivity index (χ0n) is 35.4. The highest BCUT2D eigenvalue weighted by molar-refractivity contribution is 7.47. The molecule has 0 fully saturated rings. The van der Waals surface area contributed by atoms with Crippen molar-refractivity contribution >= 4 is 19.8 Å². The van der Waals surface area contributed by atoms with E-state index in [0.29, 0.717) is 6.42 Å². The molecule has 0 amide bonds. The van der Waals surface area contributed by atoms with Crippen LogP contribution in [0.5, 0.6) is 0 Å². The van der Waals surface area contributed by atoms with E-state index in [1.54, 1.807) is 0 Å². The summed E-state index contributed by atoms with van der Waals surface area (Å²) in [6.07, 6.45) is 46.1. The maximum absolute atomic E-state index is 12.6. The number of nitrogens with two attached hydrogens (primary N) is 1. The van der Waals surface area contributed by atoms with Crippen molar-refractivity contribution in [3.05, 3.63) is 36.5 Å². The molecule has 0 aromatic heterocycles. The minimum atomic E-state index is -4.38. The van der Waals surface area contributed by atoms with E-state index in [9.17, 15) is 19.0 Å². The molecular weight excluding hydrogens is 713 g/mol. The van der Waals surface area contributed by atoms with Crippen molar-refractivity contribution in [2.45, 2.75) is 213 Å². The van der Waals surface area contributed by atoms with Gasteiger partial charge in [-0.25, -0.2) is 4.57 Å².